The fourth-order valence-corrected chi connectivity index (χ4v) is 2.12. The van der Waals surface area contributed by atoms with E-state index < -0.39 is 22.8 Å². The van der Waals surface area contributed by atoms with Gasteiger partial charge < -0.3 is 0 Å². The number of nitrogens with zero attached hydrogens (tertiary/aromatic N) is 1. The minimum absolute atomic E-state index is 0.0547. The summed E-state index contributed by atoms with van der Waals surface area (Å²) in [5.74, 6) is -0.465. The summed E-state index contributed by atoms with van der Waals surface area (Å²) in [6.45, 7) is 0. The zero-order valence-electron chi connectivity index (χ0n) is 9.71. The molecule has 104 valence electrons. The molecule has 1 aromatic heterocycles. The van der Waals surface area contributed by atoms with Crippen molar-refractivity contribution in [2.24, 2.45) is 0 Å². The van der Waals surface area contributed by atoms with Crippen LogP contribution in [-0.2, 0) is 6.18 Å². The van der Waals surface area contributed by atoms with Gasteiger partial charge in [0.15, 0.2) is 5.78 Å². The molecule has 0 aliphatic rings. The molecule has 2 rings (SSSR count). The van der Waals surface area contributed by atoms with Gasteiger partial charge in [-0.15, -0.1) is 0 Å². The van der Waals surface area contributed by atoms with Gasteiger partial charge in [0.25, 0.3) is 0 Å². The summed E-state index contributed by atoms with van der Waals surface area (Å²) >= 11 is 7.76. The molecule has 0 aliphatic carbocycles. The fraction of sp³-hybridized carbons (Fsp3) is 0.0769. The largest absolute Gasteiger partial charge is 0.433 e. The van der Waals surface area contributed by atoms with E-state index in [-0.39, 0.29) is 5.56 Å². The topological polar surface area (TPSA) is 30.0 Å². The Balaban J connectivity index is 2.38. The quantitative estimate of drug-likeness (QED) is 0.411. The van der Waals surface area contributed by atoms with Crippen LogP contribution in [0.5, 0.6) is 0 Å². The molecule has 1 heterocycles. The van der Waals surface area contributed by atoms with Gasteiger partial charge in [-0.25, -0.2) is 4.98 Å². The maximum atomic E-state index is 12.5. The van der Waals surface area contributed by atoms with Crippen molar-refractivity contribution >= 4 is 40.0 Å². The average molecular weight is 412 g/mol. The van der Waals surface area contributed by atoms with Gasteiger partial charge in [-0.2, -0.15) is 13.2 Å². The zero-order valence-corrected chi connectivity index (χ0v) is 12.6. The van der Waals surface area contributed by atoms with Crippen molar-refractivity contribution in [1.82, 2.24) is 4.98 Å². The van der Waals surface area contributed by atoms with Gasteiger partial charge in [-0.3, -0.25) is 4.79 Å². The Bertz CT molecular complexity index is 656. The lowest BCUT2D eigenvalue weighted by molar-refractivity contribution is -0.141. The lowest BCUT2D eigenvalue weighted by Gasteiger charge is -2.08. The van der Waals surface area contributed by atoms with Gasteiger partial charge in [0, 0.05) is 9.13 Å². The molecular weight excluding hydrogens is 406 g/mol. The molecule has 0 bridgehead atoms. The summed E-state index contributed by atoms with van der Waals surface area (Å²) in [5.41, 5.74) is -0.837. The molecule has 0 radical (unpaired) electrons. The van der Waals surface area contributed by atoms with Crippen molar-refractivity contribution in [1.29, 1.82) is 0 Å². The van der Waals surface area contributed by atoms with Crippen LogP contribution in [-0.4, -0.2) is 10.8 Å². The van der Waals surface area contributed by atoms with E-state index in [2.05, 4.69) is 27.6 Å². The molecule has 2 nitrogen and oxygen atoms in total. The van der Waals surface area contributed by atoms with E-state index in [1.165, 1.54) is 0 Å². The maximum absolute atomic E-state index is 12.5. The Hall–Kier alpha value is -1.15. The minimum Gasteiger partial charge on any atom is -0.288 e. The van der Waals surface area contributed by atoms with Crippen LogP contribution in [0.3, 0.4) is 0 Å². The van der Waals surface area contributed by atoms with Gasteiger partial charge >= 0.3 is 6.18 Å². The Morgan fingerprint density at radius 1 is 1.10 bits per heavy atom. The molecular formula is C13H6ClF3INO. The first-order chi connectivity index (χ1) is 9.29. The lowest BCUT2D eigenvalue weighted by Crippen LogP contribution is -2.10. The minimum atomic E-state index is -4.59. The third-order valence-electron chi connectivity index (χ3n) is 2.49. The van der Waals surface area contributed by atoms with Gasteiger partial charge in [-0.05, 0) is 59.0 Å². The van der Waals surface area contributed by atoms with Crippen LogP contribution >= 0.6 is 34.2 Å². The van der Waals surface area contributed by atoms with Crippen LogP contribution in [0.1, 0.15) is 21.6 Å². The van der Waals surface area contributed by atoms with E-state index in [9.17, 15) is 18.0 Å². The second kappa shape index (κ2) is 5.69. The number of carbonyl (C=O) groups is 1. The Morgan fingerprint density at radius 3 is 2.20 bits per heavy atom. The summed E-state index contributed by atoms with van der Waals surface area (Å²) in [5, 5.41) is -0.455. The first-order valence-electron chi connectivity index (χ1n) is 5.33. The van der Waals surface area contributed by atoms with Crippen molar-refractivity contribution in [3.63, 3.8) is 0 Å². The molecule has 0 fully saturated rings. The van der Waals surface area contributed by atoms with Gasteiger partial charge in [0.05, 0.1) is 5.56 Å². The molecule has 0 unspecified atom stereocenters. The fourth-order valence-electron chi connectivity index (χ4n) is 1.52. The predicted octanol–water partition coefficient (Wildman–Crippen LogP) is 4.59. The van der Waals surface area contributed by atoms with Gasteiger partial charge in [0.1, 0.15) is 10.8 Å². The number of carbonyl (C=O) groups excluding carboxylic acids is 1. The highest BCUT2D eigenvalue weighted by molar-refractivity contribution is 14.1. The highest BCUT2D eigenvalue weighted by Gasteiger charge is 2.33. The molecule has 0 N–H and O–H groups in total. The first kappa shape index (κ1) is 15.2. The SMILES string of the molecule is O=C(c1ccc(I)cc1)c1ccc(C(F)(F)F)nc1Cl. The highest BCUT2D eigenvalue weighted by Crippen LogP contribution is 2.30. The smallest absolute Gasteiger partial charge is 0.288 e. The van der Waals surface area contributed by atoms with E-state index in [1.807, 2.05) is 0 Å². The lowest BCUT2D eigenvalue weighted by atomic mass is 10.0. The molecule has 1 aromatic carbocycles. The van der Waals surface area contributed by atoms with Crippen LogP contribution < -0.4 is 0 Å². The molecule has 0 amide bonds. The Kier molecular flexibility index (Phi) is 4.33. The molecule has 7 heteroatoms. The zero-order chi connectivity index (χ0) is 14.9. The van der Waals surface area contributed by atoms with Crippen molar-refractivity contribution in [2.45, 2.75) is 6.18 Å². The van der Waals surface area contributed by atoms with Crippen molar-refractivity contribution in [3.8, 4) is 0 Å². The van der Waals surface area contributed by atoms with E-state index in [0.29, 0.717) is 5.56 Å². The number of alkyl halides is 3. The molecule has 20 heavy (non-hydrogen) atoms. The number of hydrogen-bond donors (Lipinski definition) is 0. The summed E-state index contributed by atoms with van der Waals surface area (Å²) in [6.07, 6.45) is -4.59. The number of pyridine rings is 1. The van der Waals surface area contributed by atoms with Gasteiger partial charge in [0.2, 0.25) is 0 Å². The monoisotopic (exact) mass is 411 g/mol. The number of halogens is 5. The van der Waals surface area contributed by atoms with Gasteiger partial charge in [-0.1, -0.05) is 11.6 Å². The van der Waals surface area contributed by atoms with Crippen LogP contribution in [0.4, 0.5) is 13.2 Å². The van der Waals surface area contributed by atoms with E-state index >= 15 is 0 Å². The summed E-state index contributed by atoms with van der Waals surface area (Å²) in [4.78, 5) is 15.4. The number of ketones is 1. The molecule has 0 aliphatic heterocycles. The van der Waals surface area contributed by atoms with E-state index in [4.69, 9.17) is 11.6 Å². The van der Waals surface area contributed by atoms with Crippen LogP contribution in [0.25, 0.3) is 0 Å². The maximum Gasteiger partial charge on any atom is 0.433 e. The standard InChI is InChI=1S/C13H6ClF3INO/c14-12-9(5-6-10(19-12)13(15,16)17)11(20)7-1-3-8(18)4-2-7/h1-6H. The van der Waals surface area contributed by atoms with E-state index in [0.717, 1.165) is 15.7 Å². The number of benzene rings is 1. The van der Waals surface area contributed by atoms with Crippen molar-refractivity contribution in [3.05, 3.63) is 61.9 Å². The second-order valence-electron chi connectivity index (χ2n) is 3.87. The molecule has 0 atom stereocenters. The predicted molar refractivity (Wildman–Crippen MR) is 76.8 cm³/mol. The molecule has 0 saturated heterocycles. The normalized spacial score (nSPS) is 11.4. The van der Waals surface area contributed by atoms with Crippen LogP contribution in [0.2, 0.25) is 5.15 Å². The van der Waals surface area contributed by atoms with Crippen molar-refractivity contribution in [2.75, 3.05) is 0 Å². The Labute approximate surface area is 131 Å². The van der Waals surface area contributed by atoms with Crippen LogP contribution in [0.15, 0.2) is 36.4 Å². The Morgan fingerprint density at radius 2 is 1.70 bits per heavy atom. The molecule has 0 spiro atoms. The van der Waals surface area contributed by atoms with Crippen molar-refractivity contribution < 1.29 is 18.0 Å². The molecule has 0 saturated carbocycles. The molecule has 2 aromatic rings. The van der Waals surface area contributed by atoms with Crippen LogP contribution in [0, 0.1) is 3.57 Å². The summed E-state index contributed by atoms with van der Waals surface area (Å²) < 4.78 is 38.3. The second-order valence-corrected chi connectivity index (χ2v) is 5.47. The highest BCUT2D eigenvalue weighted by atomic mass is 127. The third kappa shape index (κ3) is 3.29. The number of hydrogen-bond acceptors (Lipinski definition) is 2. The summed E-state index contributed by atoms with van der Waals surface area (Å²) in [6, 6.07) is 8.39. The average Bonchev–Trinajstić information content (AvgIpc) is 2.37. The number of rotatable bonds is 2. The first-order valence-corrected chi connectivity index (χ1v) is 6.79. The van der Waals surface area contributed by atoms with E-state index in [1.54, 1.807) is 24.3 Å². The third-order valence-corrected chi connectivity index (χ3v) is 3.50. The summed E-state index contributed by atoms with van der Waals surface area (Å²) in [7, 11) is 0. The number of aromatic nitrogens is 1.